The predicted molar refractivity (Wildman–Crippen MR) is 142 cm³/mol. The van der Waals surface area contributed by atoms with Gasteiger partial charge in [0.05, 0.1) is 33.0 Å². The number of methoxy groups -OCH3 is 1. The number of ether oxygens (including phenoxy) is 1. The molecule has 2 aliphatic rings. The summed E-state index contributed by atoms with van der Waals surface area (Å²) < 4.78 is 19.2. The first-order valence-electron chi connectivity index (χ1n) is 12.8. The van der Waals surface area contributed by atoms with Gasteiger partial charge in [-0.15, -0.1) is 0 Å². The maximum Gasteiger partial charge on any atom is 0.413 e. The van der Waals surface area contributed by atoms with Crippen molar-refractivity contribution in [1.82, 2.24) is 24.9 Å². The summed E-state index contributed by atoms with van der Waals surface area (Å²) in [6, 6.07) is 5.46. The second-order valence-corrected chi connectivity index (χ2v) is 9.87. The Bertz CT molecular complexity index is 1390. The summed E-state index contributed by atoms with van der Waals surface area (Å²) in [4.78, 5) is 36.3. The van der Waals surface area contributed by atoms with Crippen LogP contribution in [0.15, 0.2) is 36.9 Å². The summed E-state index contributed by atoms with van der Waals surface area (Å²) in [5.74, 6) is 0.972. The maximum absolute atomic E-state index is 14.2. The van der Waals surface area contributed by atoms with Crippen molar-refractivity contribution in [1.29, 1.82) is 5.26 Å². The van der Waals surface area contributed by atoms with Crippen LogP contribution in [0.3, 0.4) is 0 Å². The number of rotatable bonds is 8. The van der Waals surface area contributed by atoms with Gasteiger partial charge in [0.25, 0.3) is 0 Å². The van der Waals surface area contributed by atoms with Crippen molar-refractivity contribution in [3.63, 3.8) is 0 Å². The number of carbonyl (C=O) groups is 1. The molecule has 1 aliphatic heterocycles. The number of hydrogen-bond acceptors (Lipinski definition) is 11. The fraction of sp³-hybridized carbons (Fsp3) is 0.423. The van der Waals surface area contributed by atoms with Crippen molar-refractivity contribution in [3.05, 3.63) is 42.5 Å². The van der Waals surface area contributed by atoms with Crippen LogP contribution in [0.5, 0.6) is 6.01 Å². The van der Waals surface area contributed by atoms with Crippen LogP contribution in [0, 0.1) is 11.3 Å². The minimum atomic E-state index is -1.70. The van der Waals surface area contributed by atoms with Gasteiger partial charge in [-0.05, 0) is 37.8 Å². The van der Waals surface area contributed by atoms with Gasteiger partial charge < -0.3 is 25.2 Å². The van der Waals surface area contributed by atoms with Gasteiger partial charge in [0, 0.05) is 41.8 Å². The van der Waals surface area contributed by atoms with E-state index < -0.39 is 18.4 Å². The number of aromatic nitrogens is 5. The van der Waals surface area contributed by atoms with Gasteiger partial charge >= 0.3 is 12.1 Å². The second-order valence-electron chi connectivity index (χ2n) is 9.87. The van der Waals surface area contributed by atoms with Crippen LogP contribution in [0.4, 0.5) is 26.8 Å². The van der Waals surface area contributed by atoms with E-state index in [1.807, 2.05) is 6.07 Å². The van der Waals surface area contributed by atoms with Gasteiger partial charge in [-0.25, -0.2) is 29.1 Å². The molecule has 0 unspecified atom stereocenters. The minimum absolute atomic E-state index is 0.00724. The zero-order valence-electron chi connectivity index (χ0n) is 21.7. The summed E-state index contributed by atoms with van der Waals surface area (Å²) in [7, 11) is 1.48. The smallest absolute Gasteiger partial charge is 0.413 e. The number of alkyl halides is 1. The number of nitrogens with one attached hydrogen (secondary N) is 1. The van der Waals surface area contributed by atoms with Crippen LogP contribution in [-0.4, -0.2) is 85.8 Å². The monoisotopic (exact) mass is 549 g/mol. The number of amides is 1. The van der Waals surface area contributed by atoms with Crippen molar-refractivity contribution >= 4 is 23.7 Å². The van der Waals surface area contributed by atoms with Crippen LogP contribution >= 0.6 is 0 Å². The molecule has 3 N–H and O–H groups in total. The number of nitrogens with zero attached hydrogens (tertiary/aromatic N) is 8. The molecule has 1 saturated heterocycles. The third kappa shape index (κ3) is 5.55. The largest absolute Gasteiger partial charge is 0.467 e. The van der Waals surface area contributed by atoms with E-state index in [1.165, 1.54) is 18.2 Å². The van der Waals surface area contributed by atoms with Crippen molar-refractivity contribution in [2.24, 2.45) is 0 Å². The van der Waals surface area contributed by atoms with E-state index in [1.54, 1.807) is 35.6 Å². The van der Waals surface area contributed by atoms with E-state index in [2.05, 4.69) is 30.2 Å². The van der Waals surface area contributed by atoms with Gasteiger partial charge in [0.15, 0.2) is 11.5 Å². The molecule has 1 saturated carbocycles. The molecule has 1 amide bonds. The summed E-state index contributed by atoms with van der Waals surface area (Å²) in [5, 5.41) is 31.8. The Kier molecular flexibility index (Phi) is 7.56. The van der Waals surface area contributed by atoms with E-state index in [0.717, 1.165) is 11.1 Å². The first-order valence-corrected chi connectivity index (χ1v) is 12.8. The van der Waals surface area contributed by atoms with Crippen LogP contribution < -0.4 is 19.9 Å². The molecule has 2 fully saturated rings. The lowest BCUT2D eigenvalue weighted by Crippen LogP contribution is -2.61. The van der Waals surface area contributed by atoms with Crippen molar-refractivity contribution in [2.75, 3.05) is 41.9 Å². The molecule has 1 aliphatic carbocycles. The Morgan fingerprint density at radius 3 is 2.42 bits per heavy atom. The fourth-order valence-electron chi connectivity index (χ4n) is 5.02. The molecule has 40 heavy (non-hydrogen) atoms. The lowest BCUT2D eigenvalue weighted by atomic mass is 9.90. The first kappa shape index (κ1) is 26.9. The third-order valence-corrected chi connectivity index (χ3v) is 7.16. The molecule has 0 spiro atoms. The predicted octanol–water partition coefficient (Wildman–Crippen LogP) is 2.64. The molecular formula is C26H28FN9O4. The number of hydrogen-bond donors (Lipinski definition) is 3. The molecule has 14 heteroatoms. The van der Waals surface area contributed by atoms with Gasteiger partial charge in [-0.3, -0.25) is 4.90 Å². The molecule has 4 heterocycles. The van der Waals surface area contributed by atoms with Gasteiger partial charge in [0.2, 0.25) is 5.95 Å². The quantitative estimate of drug-likeness (QED) is 0.375. The molecule has 3 aromatic rings. The molecule has 0 aromatic carbocycles. The summed E-state index contributed by atoms with van der Waals surface area (Å²) in [6.45, 7) is -0.684. The van der Waals surface area contributed by atoms with E-state index in [9.17, 15) is 24.7 Å². The second kappa shape index (κ2) is 11.2. The van der Waals surface area contributed by atoms with Gasteiger partial charge in [0.1, 0.15) is 17.5 Å². The minimum Gasteiger partial charge on any atom is -0.467 e. The fourth-order valence-corrected chi connectivity index (χ4v) is 5.02. The third-order valence-electron chi connectivity index (χ3n) is 7.16. The van der Waals surface area contributed by atoms with Crippen molar-refractivity contribution < 1.29 is 24.1 Å². The Hall–Kier alpha value is -4.64. The van der Waals surface area contributed by atoms with Crippen LogP contribution in [0.25, 0.3) is 11.1 Å². The number of aliphatic hydroxyl groups is 1. The number of carboxylic acid groups (broad SMARTS) is 1. The number of anilines is 3. The summed E-state index contributed by atoms with van der Waals surface area (Å²) in [5.41, 5.74) is 0.00878. The first-order chi connectivity index (χ1) is 19.3. The van der Waals surface area contributed by atoms with E-state index in [-0.39, 0.29) is 36.7 Å². The highest BCUT2D eigenvalue weighted by Gasteiger charge is 2.44. The molecule has 0 atom stereocenters. The van der Waals surface area contributed by atoms with E-state index in [4.69, 9.17) is 4.74 Å². The average molecular weight is 550 g/mol. The van der Waals surface area contributed by atoms with Crippen LogP contribution in [0.1, 0.15) is 31.2 Å². The lowest BCUT2D eigenvalue weighted by molar-refractivity contribution is 0.0440. The van der Waals surface area contributed by atoms with E-state index in [0.29, 0.717) is 43.3 Å². The van der Waals surface area contributed by atoms with Gasteiger partial charge in [-0.2, -0.15) is 10.2 Å². The normalized spacial score (nSPS) is 19.7. The van der Waals surface area contributed by atoms with Crippen molar-refractivity contribution in [3.8, 4) is 23.2 Å². The molecule has 0 bridgehead atoms. The molecule has 0 radical (unpaired) electrons. The SMILES string of the molecule is COc1ncc(-c2ccc(N(C(=O)O)[C@H]3CC[C@H](Nc4ncc(C#N)c(N5CC(F)(CO)C5)n4)CC3)nc2)cn1. The van der Waals surface area contributed by atoms with Crippen molar-refractivity contribution in [2.45, 2.75) is 43.4 Å². The highest BCUT2D eigenvalue weighted by atomic mass is 19.1. The number of aliphatic hydroxyl groups excluding tert-OH is 1. The topological polar surface area (TPSA) is 174 Å². The highest BCUT2D eigenvalue weighted by molar-refractivity contribution is 5.85. The lowest BCUT2D eigenvalue weighted by Gasteiger charge is -2.44. The molecule has 5 rings (SSSR count). The van der Waals surface area contributed by atoms with Gasteiger partial charge in [-0.1, -0.05) is 0 Å². The molecule has 3 aromatic heterocycles. The maximum atomic E-state index is 14.2. The Balaban J connectivity index is 1.22. The van der Waals surface area contributed by atoms with Crippen LogP contribution in [-0.2, 0) is 0 Å². The highest BCUT2D eigenvalue weighted by Crippen LogP contribution is 2.33. The Labute approximate surface area is 229 Å². The average Bonchev–Trinajstić information content (AvgIpc) is 2.97. The summed E-state index contributed by atoms with van der Waals surface area (Å²) in [6.07, 6.45) is 7.64. The Morgan fingerprint density at radius 2 is 1.85 bits per heavy atom. The standard InChI is InChI=1S/C26H28FN9O4/c1-40-24-31-11-18(12-32-24)16-2-7-21(29-9-16)36(25(38)39)20-5-3-19(4-6-20)33-23-30-10-17(8-28)22(34-23)35-13-26(27,14-35)15-37/h2,7,9-12,19-20,37H,3-6,13-15H2,1H3,(H,38,39)(H,30,33,34)/t19-,20-. The van der Waals surface area contributed by atoms with E-state index >= 15 is 0 Å². The molecule has 13 nitrogen and oxygen atoms in total. The number of nitriles is 1. The molecule has 208 valence electrons. The number of halogens is 1. The summed E-state index contributed by atoms with van der Waals surface area (Å²) >= 11 is 0. The molecular weight excluding hydrogens is 521 g/mol. The zero-order chi connectivity index (χ0) is 28.3. The zero-order valence-corrected chi connectivity index (χ0v) is 21.7. The van der Waals surface area contributed by atoms with Crippen LogP contribution in [0.2, 0.25) is 0 Å². The number of pyridine rings is 1. The Morgan fingerprint density at radius 1 is 1.15 bits per heavy atom.